The SMILES string of the molecule is O=C(NC[C@@H](CO)Cc1c(F)cccc1Cl)Nc1cccnc1. The number of pyridine rings is 1. The Morgan fingerprint density at radius 3 is 2.83 bits per heavy atom. The van der Waals surface area contributed by atoms with Gasteiger partial charge in [-0.3, -0.25) is 4.98 Å². The number of carbonyl (C=O) groups is 1. The molecule has 1 aromatic carbocycles. The fourth-order valence-electron chi connectivity index (χ4n) is 2.07. The second-order valence-corrected chi connectivity index (χ2v) is 5.44. The molecule has 2 aromatic rings. The molecule has 0 bridgehead atoms. The first-order valence-electron chi connectivity index (χ1n) is 7.08. The Morgan fingerprint density at radius 1 is 1.35 bits per heavy atom. The molecule has 7 heteroatoms. The van der Waals surface area contributed by atoms with Crippen molar-refractivity contribution in [2.75, 3.05) is 18.5 Å². The van der Waals surface area contributed by atoms with Crippen molar-refractivity contribution >= 4 is 23.3 Å². The van der Waals surface area contributed by atoms with E-state index < -0.39 is 11.8 Å². The van der Waals surface area contributed by atoms with E-state index in [-0.39, 0.29) is 25.5 Å². The van der Waals surface area contributed by atoms with E-state index in [9.17, 15) is 14.3 Å². The molecule has 0 spiro atoms. The zero-order valence-corrected chi connectivity index (χ0v) is 13.1. The summed E-state index contributed by atoms with van der Waals surface area (Å²) in [6, 6.07) is 7.42. The van der Waals surface area contributed by atoms with Crippen molar-refractivity contribution in [3.8, 4) is 0 Å². The van der Waals surface area contributed by atoms with Crippen LogP contribution >= 0.6 is 11.6 Å². The van der Waals surface area contributed by atoms with Crippen molar-refractivity contribution < 1.29 is 14.3 Å². The van der Waals surface area contributed by atoms with Gasteiger partial charge in [-0.1, -0.05) is 17.7 Å². The average Bonchev–Trinajstić information content (AvgIpc) is 2.55. The number of carbonyl (C=O) groups excluding carboxylic acids is 1. The molecule has 0 saturated carbocycles. The van der Waals surface area contributed by atoms with Gasteiger partial charge < -0.3 is 15.7 Å². The number of benzene rings is 1. The second kappa shape index (κ2) is 8.45. The summed E-state index contributed by atoms with van der Waals surface area (Å²) < 4.78 is 13.8. The Hall–Kier alpha value is -2.18. The zero-order chi connectivity index (χ0) is 16.7. The van der Waals surface area contributed by atoms with Gasteiger partial charge in [-0.25, -0.2) is 9.18 Å². The van der Waals surface area contributed by atoms with E-state index in [1.807, 2.05) is 0 Å². The summed E-state index contributed by atoms with van der Waals surface area (Å²) in [7, 11) is 0. The first-order chi connectivity index (χ1) is 11.1. The van der Waals surface area contributed by atoms with E-state index in [0.717, 1.165) is 0 Å². The van der Waals surface area contributed by atoms with Crippen molar-refractivity contribution in [1.29, 1.82) is 0 Å². The van der Waals surface area contributed by atoms with Crippen molar-refractivity contribution in [1.82, 2.24) is 10.3 Å². The predicted octanol–water partition coefficient (Wildman–Crippen LogP) is 2.85. The Balaban J connectivity index is 1.89. The maximum atomic E-state index is 13.8. The lowest BCUT2D eigenvalue weighted by atomic mass is 9.99. The van der Waals surface area contributed by atoms with Gasteiger partial charge in [0, 0.05) is 35.9 Å². The van der Waals surface area contributed by atoms with Crippen LogP contribution in [0, 0.1) is 11.7 Å². The molecule has 0 aliphatic carbocycles. The molecule has 122 valence electrons. The number of amides is 2. The van der Waals surface area contributed by atoms with Gasteiger partial charge in [0.2, 0.25) is 0 Å². The molecule has 0 unspecified atom stereocenters. The third-order valence-corrected chi connectivity index (χ3v) is 3.64. The highest BCUT2D eigenvalue weighted by Gasteiger charge is 2.15. The standard InChI is InChI=1S/C16H17ClFN3O2/c17-14-4-1-5-15(18)13(14)7-11(10-22)8-20-16(23)21-12-3-2-6-19-9-12/h1-6,9,11,22H,7-8,10H2,(H2,20,21,23)/t11-/m0/s1. The van der Waals surface area contributed by atoms with Crippen LogP contribution < -0.4 is 10.6 Å². The van der Waals surface area contributed by atoms with E-state index in [0.29, 0.717) is 16.3 Å². The smallest absolute Gasteiger partial charge is 0.319 e. The molecule has 1 atom stereocenters. The number of aliphatic hydroxyl groups excluding tert-OH is 1. The third kappa shape index (κ3) is 5.19. The first-order valence-corrected chi connectivity index (χ1v) is 7.46. The van der Waals surface area contributed by atoms with Crippen molar-refractivity contribution in [3.63, 3.8) is 0 Å². The van der Waals surface area contributed by atoms with Crippen molar-refractivity contribution in [2.45, 2.75) is 6.42 Å². The molecule has 3 N–H and O–H groups in total. The van der Waals surface area contributed by atoms with E-state index in [1.54, 1.807) is 24.4 Å². The number of aromatic nitrogens is 1. The molecule has 2 amide bonds. The van der Waals surface area contributed by atoms with E-state index in [2.05, 4.69) is 15.6 Å². The number of halogens is 2. The van der Waals surface area contributed by atoms with Crippen LogP contribution in [-0.4, -0.2) is 29.3 Å². The summed E-state index contributed by atoms with van der Waals surface area (Å²) in [5, 5.41) is 15.0. The lowest BCUT2D eigenvalue weighted by molar-refractivity contribution is 0.217. The van der Waals surface area contributed by atoms with Crippen LogP contribution in [0.5, 0.6) is 0 Å². The number of hydrogen-bond donors (Lipinski definition) is 3. The number of urea groups is 1. The van der Waals surface area contributed by atoms with Crippen LogP contribution in [0.25, 0.3) is 0 Å². The minimum Gasteiger partial charge on any atom is -0.396 e. The second-order valence-electron chi connectivity index (χ2n) is 5.03. The number of rotatable bonds is 6. The molecular weight excluding hydrogens is 321 g/mol. The van der Waals surface area contributed by atoms with Crippen LogP contribution in [-0.2, 0) is 6.42 Å². The number of nitrogens with zero attached hydrogens (tertiary/aromatic N) is 1. The van der Waals surface area contributed by atoms with Gasteiger partial charge in [0.25, 0.3) is 0 Å². The molecule has 1 aromatic heterocycles. The fraction of sp³-hybridized carbons (Fsp3) is 0.250. The molecule has 0 saturated heterocycles. The lowest BCUT2D eigenvalue weighted by Gasteiger charge is -2.16. The predicted molar refractivity (Wildman–Crippen MR) is 86.9 cm³/mol. The number of nitrogens with one attached hydrogen (secondary N) is 2. The van der Waals surface area contributed by atoms with Crippen LogP contribution in [0.4, 0.5) is 14.9 Å². The van der Waals surface area contributed by atoms with Crippen LogP contribution in [0.2, 0.25) is 5.02 Å². The molecule has 0 aliphatic rings. The number of hydrogen-bond acceptors (Lipinski definition) is 3. The van der Waals surface area contributed by atoms with Gasteiger partial charge >= 0.3 is 6.03 Å². The number of anilines is 1. The van der Waals surface area contributed by atoms with Crippen LogP contribution in [0.15, 0.2) is 42.7 Å². The molecule has 0 fully saturated rings. The average molecular weight is 338 g/mol. The monoisotopic (exact) mass is 337 g/mol. The molecule has 1 heterocycles. The van der Waals surface area contributed by atoms with E-state index in [4.69, 9.17) is 11.6 Å². The Morgan fingerprint density at radius 2 is 2.17 bits per heavy atom. The van der Waals surface area contributed by atoms with Crippen LogP contribution in [0.1, 0.15) is 5.56 Å². The summed E-state index contributed by atoms with van der Waals surface area (Å²) in [4.78, 5) is 15.7. The molecule has 0 radical (unpaired) electrons. The van der Waals surface area contributed by atoms with E-state index >= 15 is 0 Å². The third-order valence-electron chi connectivity index (χ3n) is 3.28. The normalized spacial score (nSPS) is 11.8. The summed E-state index contributed by atoms with van der Waals surface area (Å²) in [6.45, 7) is -0.00883. The largest absolute Gasteiger partial charge is 0.396 e. The molecule has 23 heavy (non-hydrogen) atoms. The van der Waals surface area contributed by atoms with Crippen LogP contribution in [0.3, 0.4) is 0 Å². The molecule has 2 rings (SSSR count). The maximum absolute atomic E-state index is 13.8. The Labute approximate surface area is 138 Å². The van der Waals surface area contributed by atoms with Crippen molar-refractivity contribution in [2.24, 2.45) is 5.92 Å². The van der Waals surface area contributed by atoms with Gasteiger partial charge in [0.05, 0.1) is 11.9 Å². The Bertz CT molecular complexity index is 635. The number of aliphatic hydroxyl groups is 1. The summed E-state index contributed by atoms with van der Waals surface area (Å²) in [6.07, 6.45) is 3.35. The summed E-state index contributed by atoms with van der Waals surface area (Å²) in [5.41, 5.74) is 0.894. The quantitative estimate of drug-likeness (QED) is 0.758. The first kappa shape index (κ1) is 17.2. The van der Waals surface area contributed by atoms with Gasteiger partial charge in [-0.15, -0.1) is 0 Å². The van der Waals surface area contributed by atoms with E-state index in [1.165, 1.54) is 18.3 Å². The Kier molecular flexibility index (Phi) is 6.31. The highest BCUT2D eigenvalue weighted by Crippen LogP contribution is 2.22. The minimum atomic E-state index is -0.421. The highest BCUT2D eigenvalue weighted by atomic mass is 35.5. The topological polar surface area (TPSA) is 74.2 Å². The van der Waals surface area contributed by atoms with Crippen molar-refractivity contribution in [3.05, 3.63) is 59.1 Å². The lowest BCUT2D eigenvalue weighted by Crippen LogP contribution is -2.35. The molecule has 0 aliphatic heterocycles. The highest BCUT2D eigenvalue weighted by molar-refractivity contribution is 6.31. The molecule has 5 nitrogen and oxygen atoms in total. The van der Waals surface area contributed by atoms with Gasteiger partial charge in [-0.05, 0) is 30.7 Å². The minimum absolute atomic E-state index is 0.188. The maximum Gasteiger partial charge on any atom is 0.319 e. The van der Waals surface area contributed by atoms with Gasteiger partial charge in [0.15, 0.2) is 0 Å². The fourth-order valence-corrected chi connectivity index (χ4v) is 2.31. The summed E-state index contributed by atoms with van der Waals surface area (Å²) >= 11 is 5.97. The summed E-state index contributed by atoms with van der Waals surface area (Å²) in [5.74, 6) is -0.764. The van der Waals surface area contributed by atoms with Gasteiger partial charge in [-0.2, -0.15) is 0 Å². The zero-order valence-electron chi connectivity index (χ0n) is 12.3. The molecular formula is C16H17ClFN3O2. The van der Waals surface area contributed by atoms with Gasteiger partial charge in [0.1, 0.15) is 5.82 Å².